The van der Waals surface area contributed by atoms with Crippen LogP contribution in [-0.4, -0.2) is 117 Å². The minimum atomic E-state index is 0.0502. The van der Waals surface area contributed by atoms with Crippen molar-refractivity contribution in [1.29, 1.82) is 0 Å². The fourth-order valence-corrected chi connectivity index (χ4v) is 4.52. The molecule has 162 valence electrons. The van der Waals surface area contributed by atoms with Gasteiger partial charge in [0.25, 0.3) is 5.24 Å². The summed E-state index contributed by atoms with van der Waals surface area (Å²) >= 11 is 2.95. The van der Waals surface area contributed by atoms with E-state index in [1.807, 2.05) is 0 Å². The number of hydrogen-bond donors (Lipinski definition) is 0. The highest BCUT2D eigenvalue weighted by atomic mass is 32.2. The molecule has 0 aromatic carbocycles. The average molecular weight is 437 g/mol. The molecule has 8 nitrogen and oxygen atoms in total. The van der Waals surface area contributed by atoms with E-state index in [1.54, 1.807) is 21.6 Å². The molecule has 3 saturated heterocycles. The fourth-order valence-electron chi connectivity index (χ4n) is 2.66. The van der Waals surface area contributed by atoms with Crippen LogP contribution in [0.25, 0.3) is 0 Å². The van der Waals surface area contributed by atoms with Crippen LogP contribution in [0.2, 0.25) is 0 Å². The minimum absolute atomic E-state index is 0.0502. The Balaban J connectivity index is 1.99. The van der Waals surface area contributed by atoms with E-state index in [4.69, 9.17) is 18.9 Å². The molecule has 0 atom stereocenters. The van der Waals surface area contributed by atoms with E-state index in [0.717, 1.165) is 17.9 Å². The third-order valence-electron chi connectivity index (χ3n) is 4.26. The molecule has 3 heterocycles. The van der Waals surface area contributed by atoms with Crippen LogP contribution in [-0.2, 0) is 23.7 Å². The van der Waals surface area contributed by atoms with Gasteiger partial charge in [0, 0.05) is 31.9 Å². The average Bonchev–Trinajstić information content (AvgIpc) is 2.69. The van der Waals surface area contributed by atoms with Crippen LogP contribution in [0.5, 0.6) is 0 Å². The minimum Gasteiger partial charge on any atom is -0.377 e. The SMILES string of the molecule is O=C1CSCCCSC(=O)N2CCOCCOCCN1CCOCCOCC2. The number of amides is 2. The van der Waals surface area contributed by atoms with Crippen molar-refractivity contribution in [3.05, 3.63) is 0 Å². The molecular weight excluding hydrogens is 404 g/mol. The number of ether oxygens (including phenoxy) is 4. The number of fused-ring (bicyclic) bond motifs is 21. The summed E-state index contributed by atoms with van der Waals surface area (Å²) in [5.41, 5.74) is 0. The monoisotopic (exact) mass is 436 g/mol. The van der Waals surface area contributed by atoms with E-state index in [-0.39, 0.29) is 11.1 Å². The number of rotatable bonds is 0. The van der Waals surface area contributed by atoms with Crippen LogP contribution in [0.3, 0.4) is 0 Å². The van der Waals surface area contributed by atoms with Crippen molar-refractivity contribution in [2.24, 2.45) is 0 Å². The quantitative estimate of drug-likeness (QED) is 0.560. The van der Waals surface area contributed by atoms with E-state index < -0.39 is 0 Å². The maximum atomic E-state index is 12.5. The molecule has 0 saturated carbocycles. The van der Waals surface area contributed by atoms with Crippen LogP contribution < -0.4 is 0 Å². The molecule has 0 N–H and O–H groups in total. The predicted molar refractivity (Wildman–Crippen MR) is 111 cm³/mol. The summed E-state index contributed by atoms with van der Waals surface area (Å²) in [6.45, 7) is 5.97. The molecule has 0 unspecified atom stereocenters. The molecule has 3 aliphatic rings. The largest absolute Gasteiger partial charge is 0.377 e. The van der Waals surface area contributed by atoms with E-state index >= 15 is 0 Å². The van der Waals surface area contributed by atoms with Gasteiger partial charge in [0.1, 0.15) is 0 Å². The molecule has 3 rings (SSSR count). The van der Waals surface area contributed by atoms with Crippen LogP contribution in [0.4, 0.5) is 4.79 Å². The topological polar surface area (TPSA) is 77.5 Å². The van der Waals surface area contributed by atoms with Crippen molar-refractivity contribution in [2.45, 2.75) is 6.42 Å². The first-order valence-corrected chi connectivity index (χ1v) is 12.0. The molecular formula is C18H32N2O6S2. The maximum absolute atomic E-state index is 12.5. The first-order chi connectivity index (χ1) is 13.8. The van der Waals surface area contributed by atoms with Gasteiger partial charge in [-0.15, -0.1) is 0 Å². The van der Waals surface area contributed by atoms with E-state index in [9.17, 15) is 9.59 Å². The Morgan fingerprint density at radius 1 is 0.643 bits per heavy atom. The molecule has 3 fully saturated rings. The Morgan fingerprint density at radius 2 is 1.14 bits per heavy atom. The lowest BCUT2D eigenvalue weighted by Gasteiger charge is -2.24. The smallest absolute Gasteiger partial charge is 0.281 e. The van der Waals surface area contributed by atoms with Crippen LogP contribution in [0, 0.1) is 0 Å². The Morgan fingerprint density at radius 3 is 1.68 bits per heavy atom. The maximum Gasteiger partial charge on any atom is 0.281 e. The van der Waals surface area contributed by atoms with Crippen LogP contribution in [0.15, 0.2) is 0 Å². The van der Waals surface area contributed by atoms with Crippen molar-refractivity contribution in [1.82, 2.24) is 9.80 Å². The molecule has 2 bridgehead atoms. The van der Waals surface area contributed by atoms with E-state index in [2.05, 4.69) is 0 Å². The van der Waals surface area contributed by atoms with E-state index in [1.165, 1.54) is 11.8 Å². The molecule has 10 heteroatoms. The Kier molecular flexibility index (Phi) is 13.0. The number of hydrogen-bond acceptors (Lipinski definition) is 8. The zero-order chi connectivity index (χ0) is 19.9. The normalized spacial score (nSPS) is 24.1. The molecule has 0 radical (unpaired) electrons. The second kappa shape index (κ2) is 15.3. The number of thioether (sulfide) groups is 2. The lowest BCUT2D eigenvalue weighted by Crippen LogP contribution is -2.38. The second-order valence-electron chi connectivity index (χ2n) is 6.34. The Labute approximate surface area is 175 Å². The van der Waals surface area contributed by atoms with Gasteiger partial charge in [-0.1, -0.05) is 11.8 Å². The fraction of sp³-hybridized carbons (Fsp3) is 0.889. The van der Waals surface area contributed by atoms with Gasteiger partial charge in [-0.3, -0.25) is 9.59 Å². The third-order valence-corrected chi connectivity index (χ3v) is 6.29. The predicted octanol–water partition coefficient (Wildman–Crippen LogP) is 1.19. The van der Waals surface area contributed by atoms with Crippen LogP contribution in [0.1, 0.15) is 6.42 Å². The number of carbonyl (C=O) groups is 2. The number of nitrogens with zero attached hydrogens (tertiary/aromatic N) is 2. The second-order valence-corrected chi connectivity index (χ2v) is 8.49. The van der Waals surface area contributed by atoms with Crippen molar-refractivity contribution in [2.75, 3.05) is 96.3 Å². The van der Waals surface area contributed by atoms with Gasteiger partial charge in [-0.2, -0.15) is 11.8 Å². The summed E-state index contributed by atoms with van der Waals surface area (Å²) in [7, 11) is 0. The number of carbonyl (C=O) groups excluding carboxylic acids is 2. The Bertz CT molecular complexity index is 398. The lowest BCUT2D eigenvalue weighted by molar-refractivity contribution is -0.130. The van der Waals surface area contributed by atoms with Gasteiger partial charge in [0.05, 0.1) is 58.6 Å². The third kappa shape index (κ3) is 10.3. The summed E-state index contributed by atoms with van der Waals surface area (Å²) in [5, 5.41) is 0.0502. The Hall–Kier alpha value is -0.520. The van der Waals surface area contributed by atoms with Gasteiger partial charge in [-0.05, 0) is 12.2 Å². The lowest BCUT2D eigenvalue weighted by atomic mass is 10.4. The molecule has 0 spiro atoms. The summed E-state index contributed by atoms with van der Waals surface area (Å²) in [4.78, 5) is 28.6. The molecule has 28 heavy (non-hydrogen) atoms. The van der Waals surface area contributed by atoms with Gasteiger partial charge in [0.2, 0.25) is 5.91 Å². The van der Waals surface area contributed by atoms with Crippen molar-refractivity contribution in [3.63, 3.8) is 0 Å². The molecule has 2 amide bonds. The highest BCUT2D eigenvalue weighted by molar-refractivity contribution is 8.13. The van der Waals surface area contributed by atoms with E-state index in [0.29, 0.717) is 84.8 Å². The van der Waals surface area contributed by atoms with Gasteiger partial charge in [-0.25, -0.2) is 0 Å². The standard InChI is InChI=1S/C18H32N2O6S2/c21-17-16-27-14-1-15-28-18(22)20-4-8-25-12-10-23-6-2-19(17)3-7-24-11-13-26-9-5-20/h1-16H2. The first-order valence-electron chi connectivity index (χ1n) is 9.85. The highest BCUT2D eigenvalue weighted by Crippen LogP contribution is 2.13. The van der Waals surface area contributed by atoms with Crippen molar-refractivity contribution < 1.29 is 28.5 Å². The summed E-state index contributed by atoms with van der Waals surface area (Å²) < 4.78 is 22.4. The van der Waals surface area contributed by atoms with Crippen molar-refractivity contribution >= 4 is 34.7 Å². The first kappa shape index (κ1) is 23.8. The summed E-state index contributed by atoms with van der Waals surface area (Å²) in [6.07, 6.45) is 0.890. The van der Waals surface area contributed by atoms with Crippen LogP contribution >= 0.6 is 23.5 Å². The van der Waals surface area contributed by atoms with Gasteiger partial charge in [0.15, 0.2) is 0 Å². The van der Waals surface area contributed by atoms with Gasteiger partial charge < -0.3 is 28.7 Å². The summed E-state index contributed by atoms with van der Waals surface area (Å²) in [6, 6.07) is 0. The van der Waals surface area contributed by atoms with Crippen molar-refractivity contribution in [3.8, 4) is 0 Å². The van der Waals surface area contributed by atoms with Gasteiger partial charge >= 0.3 is 0 Å². The molecule has 0 aromatic heterocycles. The molecule has 3 aliphatic heterocycles. The highest BCUT2D eigenvalue weighted by Gasteiger charge is 2.16. The zero-order valence-electron chi connectivity index (χ0n) is 16.5. The molecule has 0 aliphatic carbocycles. The summed E-state index contributed by atoms with van der Waals surface area (Å²) in [5.74, 6) is 2.15. The molecule has 0 aromatic rings. The zero-order valence-corrected chi connectivity index (χ0v) is 18.1.